The molecule has 1 N–H and O–H groups in total. The molecule has 1 rings (SSSR count). The molecule has 0 aromatic heterocycles. The Kier molecular flexibility index (Phi) is 8.36. The molecule has 0 aliphatic carbocycles. The van der Waals surface area contributed by atoms with Gasteiger partial charge in [0.05, 0.1) is 0 Å². The maximum absolute atomic E-state index is 3.60. The van der Waals surface area contributed by atoms with Crippen molar-refractivity contribution in [3.63, 3.8) is 0 Å². The van der Waals surface area contributed by atoms with Gasteiger partial charge in [0.1, 0.15) is 0 Å². The molecule has 0 radical (unpaired) electrons. The maximum Gasteiger partial charge on any atom is 0.0208 e. The van der Waals surface area contributed by atoms with Gasteiger partial charge in [-0.2, -0.15) is 0 Å². The van der Waals surface area contributed by atoms with Crippen LogP contribution >= 0.6 is 15.9 Å². The summed E-state index contributed by atoms with van der Waals surface area (Å²) < 4.78 is 1.16. The Hall–Kier alpha value is -0.340. The molecular weight excluding hydrogens is 286 g/mol. The fraction of sp³-hybridized carbons (Fsp3) is 0.625. The van der Waals surface area contributed by atoms with Gasteiger partial charge in [0.2, 0.25) is 0 Å². The molecular formula is C16H26BrN. The standard InChI is InChI=1S/C16H26BrN/c1-3-4-5-6-7-9-14(2)18-13-15-10-8-11-16(17)12-15/h8,10-12,14,18H,3-7,9,13H2,1-2H3. The number of unbranched alkanes of at least 4 members (excludes halogenated alkanes) is 4. The van der Waals surface area contributed by atoms with Crippen molar-refractivity contribution in [2.45, 2.75) is 65.0 Å². The third kappa shape index (κ3) is 7.17. The first-order valence-electron chi connectivity index (χ1n) is 7.20. The lowest BCUT2D eigenvalue weighted by Crippen LogP contribution is -2.25. The van der Waals surface area contributed by atoms with Gasteiger partial charge in [0.25, 0.3) is 0 Å². The molecule has 1 nitrogen and oxygen atoms in total. The zero-order chi connectivity index (χ0) is 13.2. The average Bonchev–Trinajstić information content (AvgIpc) is 2.36. The Morgan fingerprint density at radius 3 is 2.67 bits per heavy atom. The van der Waals surface area contributed by atoms with Crippen LogP contribution in [-0.2, 0) is 6.54 Å². The summed E-state index contributed by atoms with van der Waals surface area (Å²) in [5.74, 6) is 0. The van der Waals surface area contributed by atoms with E-state index in [1.165, 1.54) is 44.1 Å². The molecule has 0 spiro atoms. The van der Waals surface area contributed by atoms with Crippen molar-refractivity contribution in [3.05, 3.63) is 34.3 Å². The van der Waals surface area contributed by atoms with Crippen molar-refractivity contribution in [1.29, 1.82) is 0 Å². The van der Waals surface area contributed by atoms with Crippen LogP contribution in [0.15, 0.2) is 28.7 Å². The average molecular weight is 312 g/mol. The smallest absolute Gasteiger partial charge is 0.0208 e. The summed E-state index contributed by atoms with van der Waals surface area (Å²) in [7, 11) is 0. The molecule has 1 aromatic carbocycles. The van der Waals surface area contributed by atoms with Crippen LogP contribution in [0.1, 0.15) is 57.9 Å². The molecule has 0 saturated heterocycles. The van der Waals surface area contributed by atoms with E-state index in [-0.39, 0.29) is 0 Å². The zero-order valence-corrected chi connectivity index (χ0v) is 13.3. The second-order valence-corrected chi connectivity index (χ2v) is 6.03. The molecule has 0 fully saturated rings. The lowest BCUT2D eigenvalue weighted by atomic mass is 10.1. The minimum atomic E-state index is 0.616. The second kappa shape index (κ2) is 9.57. The van der Waals surface area contributed by atoms with Crippen LogP contribution in [0.25, 0.3) is 0 Å². The van der Waals surface area contributed by atoms with Crippen LogP contribution < -0.4 is 5.32 Å². The van der Waals surface area contributed by atoms with Crippen LogP contribution in [0.4, 0.5) is 0 Å². The lowest BCUT2D eigenvalue weighted by molar-refractivity contribution is 0.480. The number of benzene rings is 1. The van der Waals surface area contributed by atoms with E-state index in [1.807, 2.05) is 0 Å². The predicted molar refractivity (Wildman–Crippen MR) is 83.8 cm³/mol. The number of nitrogens with one attached hydrogen (secondary N) is 1. The van der Waals surface area contributed by atoms with Crippen LogP contribution in [0.3, 0.4) is 0 Å². The van der Waals surface area contributed by atoms with Crippen molar-refractivity contribution in [3.8, 4) is 0 Å². The van der Waals surface area contributed by atoms with Gasteiger partial charge < -0.3 is 5.32 Å². The van der Waals surface area contributed by atoms with Gasteiger partial charge in [0, 0.05) is 17.1 Å². The van der Waals surface area contributed by atoms with Crippen LogP contribution in [0, 0.1) is 0 Å². The van der Waals surface area contributed by atoms with Gasteiger partial charge in [-0.05, 0) is 31.0 Å². The minimum Gasteiger partial charge on any atom is -0.310 e. The third-order valence-electron chi connectivity index (χ3n) is 3.28. The minimum absolute atomic E-state index is 0.616. The zero-order valence-electron chi connectivity index (χ0n) is 11.7. The molecule has 1 unspecified atom stereocenters. The van der Waals surface area contributed by atoms with Crippen LogP contribution in [-0.4, -0.2) is 6.04 Å². The molecule has 0 aliphatic rings. The van der Waals surface area contributed by atoms with Crippen molar-refractivity contribution in [2.75, 3.05) is 0 Å². The van der Waals surface area contributed by atoms with Crippen molar-refractivity contribution in [2.24, 2.45) is 0 Å². The SMILES string of the molecule is CCCCCCCC(C)NCc1cccc(Br)c1. The molecule has 1 atom stereocenters. The Morgan fingerprint density at radius 2 is 1.94 bits per heavy atom. The highest BCUT2D eigenvalue weighted by molar-refractivity contribution is 9.10. The molecule has 0 amide bonds. The Labute approximate surface area is 120 Å². The third-order valence-corrected chi connectivity index (χ3v) is 3.78. The van der Waals surface area contributed by atoms with E-state index in [4.69, 9.17) is 0 Å². The Bertz CT molecular complexity index is 325. The number of halogens is 1. The lowest BCUT2D eigenvalue weighted by Gasteiger charge is -2.13. The summed E-state index contributed by atoms with van der Waals surface area (Å²) in [5, 5.41) is 3.60. The van der Waals surface area contributed by atoms with Crippen LogP contribution in [0.2, 0.25) is 0 Å². The summed E-state index contributed by atoms with van der Waals surface area (Å²) in [6.45, 7) is 5.52. The summed E-state index contributed by atoms with van der Waals surface area (Å²) >= 11 is 3.51. The van der Waals surface area contributed by atoms with Gasteiger partial charge in [-0.1, -0.05) is 67.1 Å². The highest BCUT2D eigenvalue weighted by Gasteiger charge is 2.01. The van der Waals surface area contributed by atoms with E-state index in [2.05, 4.69) is 59.4 Å². The topological polar surface area (TPSA) is 12.0 Å². The van der Waals surface area contributed by atoms with Gasteiger partial charge in [-0.3, -0.25) is 0 Å². The number of hydrogen-bond acceptors (Lipinski definition) is 1. The van der Waals surface area contributed by atoms with Crippen molar-refractivity contribution < 1.29 is 0 Å². The van der Waals surface area contributed by atoms with Gasteiger partial charge >= 0.3 is 0 Å². The molecule has 0 saturated carbocycles. The monoisotopic (exact) mass is 311 g/mol. The first-order valence-corrected chi connectivity index (χ1v) is 7.99. The van der Waals surface area contributed by atoms with E-state index < -0.39 is 0 Å². The molecule has 102 valence electrons. The summed E-state index contributed by atoms with van der Waals surface area (Å²) in [4.78, 5) is 0. The molecule has 0 aliphatic heterocycles. The molecule has 0 bridgehead atoms. The maximum atomic E-state index is 3.60. The van der Waals surface area contributed by atoms with Crippen molar-refractivity contribution in [1.82, 2.24) is 5.32 Å². The quantitative estimate of drug-likeness (QED) is 0.611. The van der Waals surface area contributed by atoms with E-state index in [0.717, 1.165) is 11.0 Å². The highest BCUT2D eigenvalue weighted by Crippen LogP contribution is 2.12. The normalized spacial score (nSPS) is 12.6. The Balaban J connectivity index is 2.11. The molecule has 0 heterocycles. The van der Waals surface area contributed by atoms with Gasteiger partial charge in [-0.25, -0.2) is 0 Å². The van der Waals surface area contributed by atoms with E-state index in [1.54, 1.807) is 0 Å². The molecule has 18 heavy (non-hydrogen) atoms. The highest BCUT2D eigenvalue weighted by atomic mass is 79.9. The van der Waals surface area contributed by atoms with Crippen molar-refractivity contribution >= 4 is 15.9 Å². The second-order valence-electron chi connectivity index (χ2n) is 5.11. The number of rotatable bonds is 9. The van der Waals surface area contributed by atoms with Crippen LogP contribution in [0.5, 0.6) is 0 Å². The summed E-state index contributed by atoms with van der Waals surface area (Å²) in [5.41, 5.74) is 1.35. The summed E-state index contributed by atoms with van der Waals surface area (Å²) in [6.07, 6.45) is 8.15. The van der Waals surface area contributed by atoms with Gasteiger partial charge in [-0.15, -0.1) is 0 Å². The predicted octanol–water partition coefficient (Wildman–Crippen LogP) is 5.29. The first kappa shape index (κ1) is 15.7. The molecule has 1 aromatic rings. The molecule has 2 heteroatoms. The van der Waals surface area contributed by atoms with Gasteiger partial charge in [0.15, 0.2) is 0 Å². The number of hydrogen-bond donors (Lipinski definition) is 1. The van der Waals surface area contributed by atoms with E-state index in [9.17, 15) is 0 Å². The fourth-order valence-corrected chi connectivity index (χ4v) is 2.54. The largest absolute Gasteiger partial charge is 0.310 e. The van der Waals surface area contributed by atoms with E-state index >= 15 is 0 Å². The summed E-state index contributed by atoms with van der Waals surface area (Å²) in [6, 6.07) is 9.13. The fourth-order valence-electron chi connectivity index (χ4n) is 2.10. The Morgan fingerprint density at radius 1 is 1.17 bits per heavy atom. The van der Waals surface area contributed by atoms with E-state index in [0.29, 0.717) is 6.04 Å². The first-order chi connectivity index (χ1) is 8.72.